The zero-order valence-electron chi connectivity index (χ0n) is 11.9. The summed E-state index contributed by atoms with van der Waals surface area (Å²) in [4.78, 5) is 2.72. The molecular formula is C13H26BrNO2S. The van der Waals surface area contributed by atoms with Gasteiger partial charge < -0.3 is 4.90 Å². The van der Waals surface area contributed by atoms with Gasteiger partial charge in [0.05, 0.1) is 10.5 Å². The highest BCUT2D eigenvalue weighted by atomic mass is 79.9. The monoisotopic (exact) mass is 339 g/mol. The van der Waals surface area contributed by atoms with Gasteiger partial charge in [0, 0.05) is 17.4 Å². The second kappa shape index (κ2) is 6.23. The van der Waals surface area contributed by atoms with Crippen LogP contribution in [0.3, 0.4) is 0 Å². The molecule has 0 aromatic rings. The molecule has 0 N–H and O–H groups in total. The Labute approximate surface area is 120 Å². The van der Waals surface area contributed by atoms with Crippen molar-refractivity contribution in [2.75, 3.05) is 19.3 Å². The van der Waals surface area contributed by atoms with Crippen molar-refractivity contribution < 1.29 is 8.42 Å². The molecule has 0 heterocycles. The molecule has 0 spiro atoms. The molecule has 2 atom stereocenters. The minimum atomic E-state index is -3.01. The Bertz CT molecular complexity index is 362. The first-order valence-electron chi connectivity index (χ1n) is 6.72. The van der Waals surface area contributed by atoms with Crippen LogP contribution < -0.4 is 0 Å². The first-order chi connectivity index (χ1) is 8.15. The standard InChI is InChI=1S/C13H26BrNO2S/c1-13(2,3)18(16,17)10-9-15(4)12-8-6-5-7-11(12)14/h11-12H,5-10H2,1-4H3. The van der Waals surface area contributed by atoms with E-state index in [-0.39, 0.29) is 5.75 Å². The summed E-state index contributed by atoms with van der Waals surface area (Å²) in [5.41, 5.74) is 0. The van der Waals surface area contributed by atoms with Gasteiger partial charge in [0.1, 0.15) is 0 Å². The first-order valence-corrected chi connectivity index (χ1v) is 9.28. The van der Waals surface area contributed by atoms with Crippen LogP contribution in [0.5, 0.6) is 0 Å². The smallest absolute Gasteiger partial charge is 0.156 e. The molecule has 0 saturated heterocycles. The molecule has 1 aliphatic carbocycles. The molecule has 108 valence electrons. The van der Waals surface area contributed by atoms with Crippen molar-refractivity contribution in [3.8, 4) is 0 Å². The Morgan fingerprint density at radius 3 is 2.28 bits per heavy atom. The SMILES string of the molecule is CN(CCS(=O)(=O)C(C)(C)C)C1CCCCC1Br. The van der Waals surface area contributed by atoms with Crippen LogP contribution in [0.25, 0.3) is 0 Å². The lowest BCUT2D eigenvalue weighted by atomic mass is 9.94. The van der Waals surface area contributed by atoms with Crippen molar-refractivity contribution in [3.05, 3.63) is 0 Å². The van der Waals surface area contributed by atoms with E-state index in [9.17, 15) is 8.42 Å². The molecule has 0 bridgehead atoms. The summed E-state index contributed by atoms with van der Waals surface area (Å²) < 4.78 is 23.5. The number of hydrogen-bond acceptors (Lipinski definition) is 3. The Hall–Kier alpha value is 0.390. The molecular weight excluding hydrogens is 314 g/mol. The van der Waals surface area contributed by atoms with E-state index in [1.165, 1.54) is 25.7 Å². The number of halogens is 1. The Morgan fingerprint density at radius 1 is 1.22 bits per heavy atom. The van der Waals surface area contributed by atoms with Gasteiger partial charge in [-0.05, 0) is 40.7 Å². The molecule has 0 amide bonds. The fourth-order valence-corrected chi connectivity index (χ4v) is 4.43. The summed E-state index contributed by atoms with van der Waals surface area (Å²) in [6.07, 6.45) is 4.90. The maximum Gasteiger partial charge on any atom is 0.156 e. The summed E-state index contributed by atoms with van der Waals surface area (Å²) in [7, 11) is -0.962. The van der Waals surface area contributed by atoms with Crippen LogP contribution in [-0.2, 0) is 9.84 Å². The lowest BCUT2D eigenvalue weighted by molar-refractivity contribution is 0.210. The maximum absolute atomic E-state index is 12.1. The quantitative estimate of drug-likeness (QED) is 0.739. The Kier molecular flexibility index (Phi) is 5.69. The van der Waals surface area contributed by atoms with E-state index in [2.05, 4.69) is 20.8 Å². The van der Waals surface area contributed by atoms with Crippen molar-refractivity contribution in [2.24, 2.45) is 0 Å². The fourth-order valence-electron chi connectivity index (χ4n) is 2.30. The topological polar surface area (TPSA) is 37.4 Å². The summed E-state index contributed by atoms with van der Waals surface area (Å²) in [5, 5.41) is 0. The zero-order valence-corrected chi connectivity index (χ0v) is 14.3. The molecule has 0 aromatic heterocycles. The van der Waals surface area contributed by atoms with Crippen LogP contribution in [-0.4, -0.2) is 48.3 Å². The van der Waals surface area contributed by atoms with E-state index in [4.69, 9.17) is 0 Å². The lowest BCUT2D eigenvalue weighted by Gasteiger charge is -2.35. The number of sulfone groups is 1. The fraction of sp³-hybridized carbons (Fsp3) is 1.00. The van der Waals surface area contributed by atoms with Gasteiger partial charge in [-0.15, -0.1) is 0 Å². The number of nitrogens with zero attached hydrogens (tertiary/aromatic N) is 1. The zero-order chi connectivity index (χ0) is 14.0. The Balaban J connectivity index is 2.53. The highest BCUT2D eigenvalue weighted by molar-refractivity contribution is 9.09. The summed E-state index contributed by atoms with van der Waals surface area (Å²) >= 11 is 3.72. The van der Waals surface area contributed by atoms with Crippen LogP contribution >= 0.6 is 15.9 Å². The lowest BCUT2D eigenvalue weighted by Crippen LogP contribution is -2.44. The molecule has 1 saturated carbocycles. The average Bonchev–Trinajstić information content (AvgIpc) is 2.25. The van der Waals surface area contributed by atoms with Crippen LogP contribution in [0.2, 0.25) is 0 Å². The third kappa shape index (κ3) is 4.20. The van der Waals surface area contributed by atoms with Crippen LogP contribution in [0.15, 0.2) is 0 Å². The molecule has 3 nitrogen and oxygen atoms in total. The minimum Gasteiger partial charge on any atom is -0.301 e. The molecule has 1 fully saturated rings. The van der Waals surface area contributed by atoms with Crippen molar-refractivity contribution >= 4 is 25.8 Å². The highest BCUT2D eigenvalue weighted by Gasteiger charge is 2.31. The number of rotatable bonds is 4. The van der Waals surface area contributed by atoms with E-state index in [1.807, 2.05) is 7.05 Å². The van der Waals surface area contributed by atoms with E-state index in [0.29, 0.717) is 17.4 Å². The van der Waals surface area contributed by atoms with Crippen molar-refractivity contribution in [2.45, 2.75) is 62.1 Å². The predicted molar refractivity (Wildman–Crippen MR) is 81.1 cm³/mol. The van der Waals surface area contributed by atoms with Crippen molar-refractivity contribution in [1.29, 1.82) is 0 Å². The third-order valence-corrected chi connectivity index (χ3v) is 7.51. The summed E-state index contributed by atoms with van der Waals surface area (Å²) in [6, 6.07) is 0.480. The third-order valence-electron chi connectivity index (χ3n) is 3.86. The molecule has 1 aliphatic rings. The molecule has 0 aromatic carbocycles. The van der Waals surface area contributed by atoms with Gasteiger partial charge >= 0.3 is 0 Å². The molecule has 1 rings (SSSR count). The number of alkyl halides is 1. The normalized spacial score (nSPS) is 26.6. The second-order valence-corrected chi connectivity index (χ2v) is 10.3. The van der Waals surface area contributed by atoms with E-state index >= 15 is 0 Å². The maximum atomic E-state index is 12.1. The van der Waals surface area contributed by atoms with E-state index < -0.39 is 14.6 Å². The van der Waals surface area contributed by atoms with Gasteiger partial charge in [0.25, 0.3) is 0 Å². The predicted octanol–water partition coefficient (Wildman–Crippen LogP) is 2.84. The summed E-state index contributed by atoms with van der Waals surface area (Å²) in [6.45, 7) is 5.95. The van der Waals surface area contributed by atoms with Gasteiger partial charge in [-0.1, -0.05) is 28.8 Å². The van der Waals surface area contributed by atoms with Crippen molar-refractivity contribution in [1.82, 2.24) is 4.90 Å². The first kappa shape index (κ1) is 16.4. The average molecular weight is 340 g/mol. The molecule has 0 radical (unpaired) electrons. The molecule has 18 heavy (non-hydrogen) atoms. The van der Waals surface area contributed by atoms with Crippen LogP contribution in [0, 0.1) is 0 Å². The minimum absolute atomic E-state index is 0.253. The van der Waals surface area contributed by atoms with Crippen LogP contribution in [0.1, 0.15) is 46.5 Å². The second-order valence-electron chi connectivity index (χ2n) is 6.28. The van der Waals surface area contributed by atoms with E-state index in [0.717, 1.165) is 0 Å². The number of hydrogen-bond donors (Lipinski definition) is 0. The Morgan fingerprint density at radius 2 is 1.78 bits per heavy atom. The van der Waals surface area contributed by atoms with Crippen LogP contribution in [0.4, 0.5) is 0 Å². The van der Waals surface area contributed by atoms with Gasteiger partial charge in [-0.3, -0.25) is 0 Å². The highest BCUT2D eigenvalue weighted by Crippen LogP contribution is 2.28. The van der Waals surface area contributed by atoms with Gasteiger partial charge in [0.2, 0.25) is 0 Å². The molecule has 0 aliphatic heterocycles. The van der Waals surface area contributed by atoms with Gasteiger partial charge in [-0.2, -0.15) is 0 Å². The van der Waals surface area contributed by atoms with Gasteiger partial charge in [0.15, 0.2) is 9.84 Å². The van der Waals surface area contributed by atoms with E-state index in [1.54, 1.807) is 20.8 Å². The molecule has 5 heteroatoms. The largest absolute Gasteiger partial charge is 0.301 e. The summed E-state index contributed by atoms with van der Waals surface area (Å²) in [5.74, 6) is 0.253. The molecule has 2 unspecified atom stereocenters. The van der Waals surface area contributed by atoms with Crippen molar-refractivity contribution in [3.63, 3.8) is 0 Å². The van der Waals surface area contributed by atoms with Gasteiger partial charge in [-0.25, -0.2) is 8.42 Å².